The van der Waals surface area contributed by atoms with Gasteiger partial charge in [-0.25, -0.2) is 0 Å². The molecule has 1 aliphatic rings. The van der Waals surface area contributed by atoms with Gasteiger partial charge in [-0.2, -0.15) is 0 Å². The average Bonchev–Trinajstić information content (AvgIpc) is 2.01. The number of nitrogens with zero attached hydrogens (tertiary/aromatic N) is 1. The lowest BCUT2D eigenvalue weighted by molar-refractivity contribution is 0.113. The molecule has 0 spiro atoms. The third kappa shape index (κ3) is 3.28. The molecule has 2 nitrogen and oxygen atoms in total. The number of hydrogen-bond acceptors (Lipinski definition) is 2. The normalized spacial score (nSPS) is 20.3. The van der Waals surface area contributed by atoms with Crippen LogP contribution < -0.4 is 5.32 Å². The van der Waals surface area contributed by atoms with Crippen molar-refractivity contribution in [2.45, 2.75) is 51.6 Å². The van der Waals surface area contributed by atoms with Crippen LogP contribution in [-0.4, -0.2) is 37.1 Å². The van der Waals surface area contributed by atoms with Crippen LogP contribution in [0.5, 0.6) is 0 Å². The Hall–Kier alpha value is -0.0800. The molecule has 0 radical (unpaired) electrons. The Balaban J connectivity index is 2.09. The molecule has 0 heterocycles. The zero-order valence-corrected chi connectivity index (χ0v) is 9.34. The van der Waals surface area contributed by atoms with E-state index < -0.39 is 0 Å². The quantitative estimate of drug-likeness (QED) is 0.634. The molecule has 0 aliphatic heterocycles. The summed E-state index contributed by atoms with van der Waals surface area (Å²) < 4.78 is 0. The van der Waals surface area contributed by atoms with E-state index in [0.717, 1.165) is 25.2 Å². The highest BCUT2D eigenvalue weighted by Crippen LogP contribution is 2.25. The van der Waals surface area contributed by atoms with E-state index in [1.54, 1.807) is 0 Å². The number of nitrogens with one attached hydrogen (secondary N) is 1. The summed E-state index contributed by atoms with van der Waals surface area (Å²) in [6.45, 7) is 6.77. The van der Waals surface area contributed by atoms with E-state index in [-0.39, 0.29) is 0 Å². The van der Waals surface area contributed by atoms with E-state index in [4.69, 9.17) is 0 Å². The number of hydrogen-bond donors (Lipinski definition) is 1. The molecule has 1 N–H and O–H groups in total. The van der Waals surface area contributed by atoms with Crippen LogP contribution >= 0.6 is 0 Å². The molecule has 1 saturated carbocycles. The topological polar surface area (TPSA) is 15.3 Å². The molecule has 0 aromatic rings. The van der Waals surface area contributed by atoms with Crippen molar-refractivity contribution in [3.05, 3.63) is 0 Å². The van der Waals surface area contributed by atoms with Gasteiger partial charge in [0.2, 0.25) is 0 Å². The fourth-order valence-electron chi connectivity index (χ4n) is 1.85. The number of rotatable bonds is 6. The maximum absolute atomic E-state index is 3.38. The smallest absolute Gasteiger partial charge is 0.00950 e. The summed E-state index contributed by atoms with van der Waals surface area (Å²) in [6, 6.07) is 1.63. The second-order valence-corrected chi connectivity index (χ2v) is 4.24. The molecule has 1 rings (SSSR count). The second kappa shape index (κ2) is 5.61. The average molecular weight is 184 g/mol. The van der Waals surface area contributed by atoms with Crippen LogP contribution in [0.25, 0.3) is 0 Å². The van der Waals surface area contributed by atoms with Crippen molar-refractivity contribution in [3.63, 3.8) is 0 Å². The van der Waals surface area contributed by atoms with E-state index in [9.17, 15) is 0 Å². The van der Waals surface area contributed by atoms with Crippen LogP contribution in [0.2, 0.25) is 0 Å². The van der Waals surface area contributed by atoms with Crippen molar-refractivity contribution in [2.24, 2.45) is 0 Å². The lowest BCUT2D eigenvalue weighted by Crippen LogP contribution is -2.43. The van der Waals surface area contributed by atoms with Gasteiger partial charge in [-0.1, -0.05) is 13.3 Å². The summed E-state index contributed by atoms with van der Waals surface area (Å²) >= 11 is 0. The van der Waals surface area contributed by atoms with Gasteiger partial charge in [-0.15, -0.1) is 0 Å². The van der Waals surface area contributed by atoms with E-state index in [1.165, 1.54) is 25.7 Å². The molecule has 2 heteroatoms. The molecule has 0 aromatic carbocycles. The molecule has 1 atom stereocenters. The van der Waals surface area contributed by atoms with Gasteiger partial charge in [0.25, 0.3) is 0 Å². The summed E-state index contributed by atoms with van der Waals surface area (Å²) in [6.07, 6.45) is 5.56. The first-order valence-electron chi connectivity index (χ1n) is 5.68. The molecule has 0 amide bonds. The Kier molecular flexibility index (Phi) is 4.74. The third-order valence-electron chi connectivity index (χ3n) is 3.33. The van der Waals surface area contributed by atoms with E-state index in [1.807, 2.05) is 0 Å². The van der Waals surface area contributed by atoms with Crippen LogP contribution in [0.1, 0.15) is 39.5 Å². The second-order valence-electron chi connectivity index (χ2n) is 4.24. The maximum Gasteiger partial charge on any atom is 0.00950 e. The molecule has 0 aromatic heterocycles. The fourth-order valence-corrected chi connectivity index (χ4v) is 1.85. The zero-order chi connectivity index (χ0) is 9.68. The minimum absolute atomic E-state index is 0.740. The van der Waals surface area contributed by atoms with Gasteiger partial charge in [0.05, 0.1) is 0 Å². The SMILES string of the molecule is CCNCCC(C)N(C)C1CCC1. The monoisotopic (exact) mass is 184 g/mol. The predicted octanol–water partition coefficient (Wildman–Crippen LogP) is 1.86. The van der Waals surface area contributed by atoms with Crippen molar-refractivity contribution in [1.29, 1.82) is 0 Å². The minimum atomic E-state index is 0.740. The largest absolute Gasteiger partial charge is 0.317 e. The summed E-state index contributed by atoms with van der Waals surface area (Å²) in [5.41, 5.74) is 0. The van der Waals surface area contributed by atoms with Crippen molar-refractivity contribution >= 4 is 0 Å². The molecular formula is C11H24N2. The van der Waals surface area contributed by atoms with Crippen molar-refractivity contribution in [3.8, 4) is 0 Å². The Morgan fingerprint density at radius 2 is 2.15 bits per heavy atom. The summed E-state index contributed by atoms with van der Waals surface area (Å²) in [5, 5.41) is 3.38. The van der Waals surface area contributed by atoms with Gasteiger partial charge < -0.3 is 10.2 Å². The highest BCUT2D eigenvalue weighted by Gasteiger charge is 2.24. The van der Waals surface area contributed by atoms with Gasteiger partial charge >= 0.3 is 0 Å². The maximum atomic E-state index is 3.38. The molecule has 1 fully saturated rings. The fraction of sp³-hybridized carbons (Fsp3) is 1.00. The highest BCUT2D eigenvalue weighted by molar-refractivity contribution is 4.81. The summed E-state index contributed by atoms with van der Waals surface area (Å²) in [5.74, 6) is 0. The van der Waals surface area contributed by atoms with Crippen molar-refractivity contribution in [2.75, 3.05) is 20.1 Å². The lowest BCUT2D eigenvalue weighted by atomic mass is 9.90. The van der Waals surface area contributed by atoms with Gasteiger partial charge in [0.15, 0.2) is 0 Å². The molecule has 13 heavy (non-hydrogen) atoms. The van der Waals surface area contributed by atoms with Crippen molar-refractivity contribution < 1.29 is 0 Å². The van der Waals surface area contributed by atoms with Crippen LogP contribution in [0, 0.1) is 0 Å². The Labute approximate surface area is 82.7 Å². The first kappa shape index (κ1) is 11.0. The highest BCUT2D eigenvalue weighted by atomic mass is 15.2. The molecule has 0 bridgehead atoms. The Morgan fingerprint density at radius 3 is 2.62 bits per heavy atom. The lowest BCUT2D eigenvalue weighted by Gasteiger charge is -2.38. The van der Waals surface area contributed by atoms with Gasteiger partial charge in [0.1, 0.15) is 0 Å². The molecular weight excluding hydrogens is 160 g/mol. The van der Waals surface area contributed by atoms with Crippen LogP contribution in [0.15, 0.2) is 0 Å². The molecule has 78 valence electrons. The van der Waals surface area contributed by atoms with Crippen molar-refractivity contribution in [1.82, 2.24) is 10.2 Å². The predicted molar refractivity (Wildman–Crippen MR) is 58.0 cm³/mol. The summed E-state index contributed by atoms with van der Waals surface area (Å²) in [7, 11) is 2.28. The molecule has 0 saturated heterocycles. The third-order valence-corrected chi connectivity index (χ3v) is 3.33. The van der Waals surface area contributed by atoms with E-state index in [0.29, 0.717) is 0 Å². The zero-order valence-electron chi connectivity index (χ0n) is 9.34. The van der Waals surface area contributed by atoms with Gasteiger partial charge in [-0.3, -0.25) is 0 Å². The first-order chi connectivity index (χ1) is 6.25. The van der Waals surface area contributed by atoms with Crippen LogP contribution in [0.3, 0.4) is 0 Å². The van der Waals surface area contributed by atoms with Crippen LogP contribution in [-0.2, 0) is 0 Å². The minimum Gasteiger partial charge on any atom is -0.317 e. The van der Waals surface area contributed by atoms with Gasteiger partial charge in [-0.05, 0) is 46.3 Å². The van der Waals surface area contributed by atoms with E-state index in [2.05, 4.69) is 31.1 Å². The van der Waals surface area contributed by atoms with E-state index >= 15 is 0 Å². The standard InChI is InChI=1S/C11H24N2/c1-4-12-9-8-10(2)13(3)11-6-5-7-11/h10-12H,4-9H2,1-3H3. The Morgan fingerprint density at radius 1 is 1.46 bits per heavy atom. The summed E-state index contributed by atoms with van der Waals surface area (Å²) in [4.78, 5) is 2.56. The molecule has 1 aliphatic carbocycles. The molecule has 1 unspecified atom stereocenters. The first-order valence-corrected chi connectivity index (χ1v) is 5.68. The van der Waals surface area contributed by atoms with Gasteiger partial charge in [0, 0.05) is 12.1 Å². The Bertz CT molecular complexity index is 132. The van der Waals surface area contributed by atoms with Crippen LogP contribution in [0.4, 0.5) is 0 Å².